The summed E-state index contributed by atoms with van der Waals surface area (Å²) in [5.74, 6) is 0.0568. The molecule has 9 heteroatoms. The Bertz CT molecular complexity index is 1150. The first kappa shape index (κ1) is 21.3. The summed E-state index contributed by atoms with van der Waals surface area (Å²) in [5.41, 5.74) is 6.15. The van der Waals surface area contributed by atoms with E-state index < -0.39 is 4.92 Å². The predicted molar refractivity (Wildman–Crippen MR) is 118 cm³/mol. The summed E-state index contributed by atoms with van der Waals surface area (Å²) < 4.78 is 7.96. The van der Waals surface area contributed by atoms with Gasteiger partial charge in [0.2, 0.25) is 0 Å². The van der Waals surface area contributed by atoms with Gasteiger partial charge in [-0.15, -0.1) is 0 Å². The Morgan fingerprint density at radius 2 is 1.97 bits per heavy atom. The molecule has 1 heterocycles. The van der Waals surface area contributed by atoms with Crippen LogP contribution in [-0.4, -0.2) is 28.7 Å². The van der Waals surface area contributed by atoms with Gasteiger partial charge in [-0.05, 0) is 54.0 Å². The van der Waals surface area contributed by atoms with Gasteiger partial charge in [0.1, 0.15) is 5.75 Å². The van der Waals surface area contributed by atoms with Gasteiger partial charge in [-0.3, -0.25) is 14.9 Å². The van der Waals surface area contributed by atoms with E-state index in [4.69, 9.17) is 4.74 Å². The molecule has 8 nitrogen and oxygen atoms in total. The first-order valence-corrected chi connectivity index (χ1v) is 9.72. The average molecular weight is 471 g/mol. The Kier molecular flexibility index (Phi) is 6.31. The smallest absolute Gasteiger partial charge is 0.273 e. The van der Waals surface area contributed by atoms with Crippen LogP contribution in [0.4, 0.5) is 5.69 Å². The van der Waals surface area contributed by atoms with Crippen molar-refractivity contribution >= 4 is 33.7 Å². The number of amides is 1. The summed E-state index contributed by atoms with van der Waals surface area (Å²) in [4.78, 5) is 22.8. The van der Waals surface area contributed by atoms with Crippen LogP contribution in [0.25, 0.3) is 5.69 Å². The number of hydrazone groups is 1. The lowest BCUT2D eigenvalue weighted by molar-refractivity contribution is -0.384. The molecule has 3 aromatic rings. The molecule has 3 rings (SSSR count). The number of nitro benzene ring substituents is 1. The molecule has 2 aromatic carbocycles. The average Bonchev–Trinajstić information content (AvgIpc) is 3.00. The number of benzene rings is 2. The van der Waals surface area contributed by atoms with Gasteiger partial charge >= 0.3 is 0 Å². The van der Waals surface area contributed by atoms with Crippen molar-refractivity contribution in [3.8, 4) is 11.4 Å². The zero-order chi connectivity index (χ0) is 21.8. The number of rotatable bonds is 6. The highest BCUT2D eigenvalue weighted by atomic mass is 79.9. The van der Waals surface area contributed by atoms with Crippen molar-refractivity contribution in [1.82, 2.24) is 9.99 Å². The van der Waals surface area contributed by atoms with Crippen LogP contribution in [0.1, 0.15) is 27.3 Å². The highest BCUT2D eigenvalue weighted by Gasteiger charge is 2.17. The minimum absolute atomic E-state index is 0.0466. The van der Waals surface area contributed by atoms with Crippen LogP contribution in [0.5, 0.6) is 5.75 Å². The lowest BCUT2D eigenvalue weighted by Gasteiger charge is -2.13. The second-order valence-corrected chi connectivity index (χ2v) is 7.31. The molecular formula is C21H19BrN4O4. The Morgan fingerprint density at radius 3 is 2.63 bits per heavy atom. The molecule has 0 bridgehead atoms. The van der Waals surface area contributed by atoms with E-state index in [9.17, 15) is 14.9 Å². The molecule has 0 atom stereocenters. The number of nitro groups is 1. The van der Waals surface area contributed by atoms with E-state index in [1.54, 1.807) is 30.5 Å². The maximum Gasteiger partial charge on any atom is 0.273 e. The molecule has 0 saturated heterocycles. The van der Waals surface area contributed by atoms with Crippen molar-refractivity contribution in [3.05, 3.63) is 85.6 Å². The highest BCUT2D eigenvalue weighted by molar-refractivity contribution is 9.10. The van der Waals surface area contributed by atoms with Crippen LogP contribution in [-0.2, 0) is 0 Å². The summed E-state index contributed by atoms with van der Waals surface area (Å²) in [5, 5.41) is 15.1. The molecule has 0 fully saturated rings. The topological polar surface area (TPSA) is 98.8 Å². The van der Waals surface area contributed by atoms with Crippen molar-refractivity contribution in [2.75, 3.05) is 7.11 Å². The Hall–Kier alpha value is -3.46. The van der Waals surface area contributed by atoms with Gasteiger partial charge in [0.05, 0.1) is 35.6 Å². The van der Waals surface area contributed by atoms with Crippen molar-refractivity contribution in [2.24, 2.45) is 5.10 Å². The Morgan fingerprint density at radius 1 is 1.23 bits per heavy atom. The first-order valence-electron chi connectivity index (χ1n) is 8.93. The third-order valence-electron chi connectivity index (χ3n) is 4.57. The van der Waals surface area contributed by atoms with Crippen molar-refractivity contribution in [2.45, 2.75) is 13.8 Å². The zero-order valence-electron chi connectivity index (χ0n) is 16.5. The number of carbonyl (C=O) groups excluding carboxylic acids is 1. The number of aryl methyl sites for hydroxylation is 1. The number of aromatic nitrogens is 1. The van der Waals surface area contributed by atoms with Gasteiger partial charge in [-0.25, -0.2) is 5.43 Å². The summed E-state index contributed by atoms with van der Waals surface area (Å²) in [6, 6.07) is 13.4. The second kappa shape index (κ2) is 8.91. The monoisotopic (exact) mass is 470 g/mol. The molecule has 30 heavy (non-hydrogen) atoms. The molecule has 0 spiro atoms. The summed E-state index contributed by atoms with van der Waals surface area (Å²) >= 11 is 3.34. The summed E-state index contributed by atoms with van der Waals surface area (Å²) in [7, 11) is 1.47. The van der Waals surface area contributed by atoms with Gasteiger partial charge in [0, 0.05) is 27.5 Å². The molecule has 0 radical (unpaired) electrons. The van der Waals surface area contributed by atoms with E-state index in [0.717, 1.165) is 17.0 Å². The highest BCUT2D eigenvalue weighted by Crippen LogP contribution is 2.31. The Balaban J connectivity index is 1.88. The number of hydrogen-bond donors (Lipinski definition) is 1. The van der Waals surface area contributed by atoms with E-state index >= 15 is 0 Å². The van der Waals surface area contributed by atoms with Crippen LogP contribution in [0.15, 0.2) is 58.1 Å². The van der Waals surface area contributed by atoms with Gasteiger partial charge in [0.25, 0.3) is 11.6 Å². The number of non-ortho nitro benzene ring substituents is 1. The molecule has 0 saturated carbocycles. The summed E-state index contributed by atoms with van der Waals surface area (Å²) in [6.45, 7) is 3.80. The van der Waals surface area contributed by atoms with Crippen LogP contribution >= 0.6 is 15.9 Å². The van der Waals surface area contributed by atoms with Crippen molar-refractivity contribution in [3.63, 3.8) is 0 Å². The first-order chi connectivity index (χ1) is 14.3. The maximum atomic E-state index is 12.3. The molecular weight excluding hydrogens is 452 g/mol. The largest absolute Gasteiger partial charge is 0.494 e. The molecule has 0 unspecified atom stereocenters. The third kappa shape index (κ3) is 4.25. The lowest BCUT2D eigenvalue weighted by atomic mass is 10.2. The molecule has 1 aromatic heterocycles. The standard InChI is InChI=1S/C21H19BrN4O4/c1-13-10-15(12-23-24-21(27)17-6-4-5-7-18(17)22)14(2)25(13)19-9-8-16(26(28)29)11-20(19)30-3/h4-12H,1-3H3,(H,24,27)/b23-12+. The zero-order valence-corrected chi connectivity index (χ0v) is 18.1. The minimum Gasteiger partial charge on any atom is -0.494 e. The van der Waals surface area contributed by atoms with E-state index in [1.165, 1.54) is 19.2 Å². The van der Waals surface area contributed by atoms with E-state index in [0.29, 0.717) is 21.5 Å². The number of carbonyl (C=O) groups is 1. The maximum absolute atomic E-state index is 12.3. The molecule has 1 N–H and O–H groups in total. The number of nitrogens with zero attached hydrogens (tertiary/aromatic N) is 3. The lowest BCUT2D eigenvalue weighted by Crippen LogP contribution is -2.18. The van der Waals surface area contributed by atoms with E-state index in [2.05, 4.69) is 26.5 Å². The van der Waals surface area contributed by atoms with Gasteiger partial charge in [-0.1, -0.05) is 12.1 Å². The van der Waals surface area contributed by atoms with Crippen LogP contribution in [0, 0.1) is 24.0 Å². The van der Waals surface area contributed by atoms with Gasteiger partial charge in [-0.2, -0.15) is 5.10 Å². The Labute approximate surface area is 181 Å². The second-order valence-electron chi connectivity index (χ2n) is 6.45. The number of nitrogens with one attached hydrogen (secondary N) is 1. The van der Waals surface area contributed by atoms with Crippen LogP contribution in [0.2, 0.25) is 0 Å². The fourth-order valence-corrected chi connectivity index (χ4v) is 3.58. The fraction of sp³-hybridized carbons (Fsp3) is 0.143. The molecule has 154 valence electrons. The van der Waals surface area contributed by atoms with Crippen molar-refractivity contribution < 1.29 is 14.5 Å². The molecule has 1 amide bonds. The number of methoxy groups -OCH3 is 1. The van der Waals surface area contributed by atoms with Crippen LogP contribution in [0.3, 0.4) is 0 Å². The van der Waals surface area contributed by atoms with Crippen molar-refractivity contribution in [1.29, 1.82) is 0 Å². The molecule has 0 aliphatic carbocycles. The predicted octanol–water partition coefficient (Wildman–Crippen LogP) is 4.54. The molecule has 0 aliphatic rings. The number of hydrogen-bond acceptors (Lipinski definition) is 5. The summed E-state index contributed by atoms with van der Waals surface area (Å²) in [6.07, 6.45) is 1.56. The van der Waals surface area contributed by atoms with Gasteiger partial charge in [0.15, 0.2) is 0 Å². The van der Waals surface area contributed by atoms with Crippen LogP contribution < -0.4 is 10.2 Å². The number of halogens is 1. The normalized spacial score (nSPS) is 10.9. The number of ether oxygens (including phenoxy) is 1. The third-order valence-corrected chi connectivity index (χ3v) is 5.27. The quantitative estimate of drug-likeness (QED) is 0.324. The van der Waals surface area contributed by atoms with Gasteiger partial charge < -0.3 is 9.30 Å². The minimum atomic E-state index is -0.465. The SMILES string of the molecule is COc1cc([N+](=O)[O-])ccc1-n1c(C)cc(/C=N/NC(=O)c2ccccc2Br)c1C. The fourth-order valence-electron chi connectivity index (χ4n) is 3.12. The van der Waals surface area contributed by atoms with E-state index in [1.807, 2.05) is 30.5 Å². The molecule has 0 aliphatic heterocycles. The van der Waals surface area contributed by atoms with E-state index in [-0.39, 0.29) is 11.6 Å².